The van der Waals surface area contributed by atoms with Crippen LogP contribution in [0.2, 0.25) is 0 Å². The fourth-order valence-electron chi connectivity index (χ4n) is 5.50. The summed E-state index contributed by atoms with van der Waals surface area (Å²) >= 11 is 0. The van der Waals surface area contributed by atoms with Gasteiger partial charge in [-0.15, -0.1) is 12.4 Å². The van der Waals surface area contributed by atoms with Gasteiger partial charge in [0.15, 0.2) is 0 Å². The van der Waals surface area contributed by atoms with E-state index in [0.29, 0.717) is 31.0 Å². The zero-order valence-corrected chi connectivity index (χ0v) is 21.9. The van der Waals surface area contributed by atoms with E-state index in [2.05, 4.69) is 89.2 Å². The van der Waals surface area contributed by atoms with E-state index >= 15 is 0 Å². The molecule has 0 spiro atoms. The number of piperidine rings is 1. The van der Waals surface area contributed by atoms with Crippen molar-refractivity contribution in [3.63, 3.8) is 0 Å². The zero-order valence-electron chi connectivity index (χ0n) is 21.1. The fraction of sp³-hybridized carbons (Fsp3) is 0.433. The van der Waals surface area contributed by atoms with E-state index in [1.807, 2.05) is 0 Å². The zero-order chi connectivity index (χ0) is 24.0. The van der Waals surface area contributed by atoms with Gasteiger partial charge in [0.05, 0.1) is 13.0 Å². The lowest BCUT2D eigenvalue weighted by atomic mass is 9.99. The molecule has 0 radical (unpaired) electrons. The first-order valence-electron chi connectivity index (χ1n) is 13.1. The van der Waals surface area contributed by atoms with Gasteiger partial charge in [-0.1, -0.05) is 54.6 Å². The number of carbonyl (C=O) groups excluding carboxylic acids is 1. The fourth-order valence-corrected chi connectivity index (χ4v) is 5.50. The molecule has 0 amide bonds. The van der Waals surface area contributed by atoms with Gasteiger partial charge in [0.25, 0.3) is 0 Å². The summed E-state index contributed by atoms with van der Waals surface area (Å²) < 4.78 is 5.54. The summed E-state index contributed by atoms with van der Waals surface area (Å²) in [5.74, 6) is 0.381. The standard InChI is InChI=1S/C30H37N3O2.ClH/c1-22(28-8-4-6-25-5-2-3-7-29(25)28)32-26-15-18-33(20-26)27-11-9-23(10-12-27)19-30(34)35-21-24-13-16-31-17-14-24;/h2-12,22,24,26,31-32H,13-21H2,1H3;1H/t22-,26+;/m1./s1. The molecular formula is C30H38ClN3O2. The second-order valence-electron chi connectivity index (χ2n) is 10.1. The molecule has 2 saturated heterocycles. The number of fused-ring (bicyclic) bond motifs is 1. The van der Waals surface area contributed by atoms with Gasteiger partial charge >= 0.3 is 5.97 Å². The van der Waals surface area contributed by atoms with Gasteiger partial charge in [0.1, 0.15) is 0 Å². The average Bonchev–Trinajstić information content (AvgIpc) is 3.36. The average molecular weight is 508 g/mol. The highest BCUT2D eigenvalue weighted by Gasteiger charge is 2.24. The molecule has 6 heteroatoms. The van der Waals surface area contributed by atoms with Gasteiger partial charge in [0, 0.05) is 30.9 Å². The summed E-state index contributed by atoms with van der Waals surface area (Å²) in [5.41, 5.74) is 3.60. The lowest BCUT2D eigenvalue weighted by Gasteiger charge is -2.23. The number of anilines is 1. The number of hydrogen-bond acceptors (Lipinski definition) is 5. The van der Waals surface area contributed by atoms with Crippen LogP contribution in [0.1, 0.15) is 43.4 Å². The Morgan fingerprint density at radius 2 is 1.78 bits per heavy atom. The van der Waals surface area contributed by atoms with Crippen LogP contribution in [0.3, 0.4) is 0 Å². The van der Waals surface area contributed by atoms with Crippen molar-refractivity contribution < 1.29 is 9.53 Å². The van der Waals surface area contributed by atoms with Crippen LogP contribution in [-0.2, 0) is 16.0 Å². The van der Waals surface area contributed by atoms with E-state index in [0.717, 1.165) is 51.0 Å². The second-order valence-corrected chi connectivity index (χ2v) is 10.1. The summed E-state index contributed by atoms with van der Waals surface area (Å²) in [5, 5.41) is 9.83. The number of nitrogens with zero attached hydrogens (tertiary/aromatic N) is 1. The minimum Gasteiger partial charge on any atom is -0.465 e. The molecule has 2 N–H and O–H groups in total. The minimum atomic E-state index is -0.121. The maximum absolute atomic E-state index is 12.3. The van der Waals surface area contributed by atoms with Crippen molar-refractivity contribution >= 4 is 34.8 Å². The molecule has 3 aromatic rings. The van der Waals surface area contributed by atoms with Crippen LogP contribution in [0, 0.1) is 5.92 Å². The van der Waals surface area contributed by atoms with Crippen LogP contribution in [-0.4, -0.2) is 44.8 Å². The van der Waals surface area contributed by atoms with Crippen molar-refractivity contribution in [2.45, 2.75) is 44.7 Å². The highest BCUT2D eigenvalue weighted by Crippen LogP contribution is 2.27. The van der Waals surface area contributed by atoms with Crippen molar-refractivity contribution in [3.8, 4) is 0 Å². The quantitative estimate of drug-likeness (QED) is 0.406. The number of carbonyl (C=O) groups is 1. The number of benzene rings is 3. The molecule has 5 nitrogen and oxygen atoms in total. The van der Waals surface area contributed by atoms with Crippen LogP contribution in [0.5, 0.6) is 0 Å². The molecule has 5 rings (SSSR count). The van der Waals surface area contributed by atoms with Gasteiger partial charge in [-0.25, -0.2) is 0 Å². The Morgan fingerprint density at radius 3 is 2.58 bits per heavy atom. The molecule has 2 atom stereocenters. The highest BCUT2D eigenvalue weighted by molar-refractivity contribution is 5.86. The summed E-state index contributed by atoms with van der Waals surface area (Å²) in [6.07, 6.45) is 3.65. The normalized spacial score (nSPS) is 19.1. The van der Waals surface area contributed by atoms with E-state index in [1.54, 1.807) is 0 Å². The SMILES string of the molecule is C[C@@H](N[C@H]1CCN(c2ccc(CC(=O)OCC3CCNCC3)cc2)C1)c1cccc2ccccc12.Cl. The van der Waals surface area contributed by atoms with Crippen molar-refractivity contribution in [2.24, 2.45) is 5.92 Å². The largest absolute Gasteiger partial charge is 0.465 e. The van der Waals surface area contributed by atoms with E-state index in [4.69, 9.17) is 4.74 Å². The highest BCUT2D eigenvalue weighted by atomic mass is 35.5. The predicted molar refractivity (Wildman–Crippen MR) is 150 cm³/mol. The minimum absolute atomic E-state index is 0. The van der Waals surface area contributed by atoms with Gasteiger partial charge in [0.2, 0.25) is 0 Å². The van der Waals surface area contributed by atoms with Crippen LogP contribution >= 0.6 is 12.4 Å². The topological polar surface area (TPSA) is 53.6 Å². The van der Waals surface area contributed by atoms with Crippen molar-refractivity contribution in [1.29, 1.82) is 0 Å². The molecule has 2 aliphatic heterocycles. The third-order valence-electron chi connectivity index (χ3n) is 7.55. The molecule has 0 unspecified atom stereocenters. The predicted octanol–water partition coefficient (Wildman–Crippen LogP) is 5.28. The van der Waals surface area contributed by atoms with Gasteiger partial charge < -0.3 is 20.3 Å². The third kappa shape index (κ3) is 6.58. The Morgan fingerprint density at radius 1 is 1.03 bits per heavy atom. The maximum Gasteiger partial charge on any atom is 0.310 e. The molecule has 36 heavy (non-hydrogen) atoms. The van der Waals surface area contributed by atoms with E-state index in [9.17, 15) is 4.79 Å². The Labute approximate surface area is 221 Å². The molecule has 2 aliphatic rings. The van der Waals surface area contributed by atoms with E-state index in [1.165, 1.54) is 22.0 Å². The molecule has 2 heterocycles. The Balaban J connectivity index is 0.00000304. The van der Waals surface area contributed by atoms with Crippen molar-refractivity contribution in [2.75, 3.05) is 37.7 Å². The number of halogens is 1. The molecule has 0 saturated carbocycles. The molecule has 192 valence electrons. The van der Waals surface area contributed by atoms with Crippen LogP contribution < -0.4 is 15.5 Å². The molecule has 0 aromatic heterocycles. The lowest BCUT2D eigenvalue weighted by molar-refractivity contribution is -0.144. The number of rotatable bonds is 8. The molecule has 0 aliphatic carbocycles. The number of ether oxygens (including phenoxy) is 1. The molecule has 3 aromatic carbocycles. The number of esters is 1. The van der Waals surface area contributed by atoms with Crippen LogP contribution in [0.25, 0.3) is 10.8 Å². The lowest BCUT2D eigenvalue weighted by Crippen LogP contribution is -2.34. The number of hydrogen-bond donors (Lipinski definition) is 2. The van der Waals surface area contributed by atoms with E-state index in [-0.39, 0.29) is 18.4 Å². The van der Waals surface area contributed by atoms with Gasteiger partial charge in [-0.2, -0.15) is 0 Å². The Bertz CT molecular complexity index is 1130. The Kier molecular flexibility index (Phi) is 9.24. The van der Waals surface area contributed by atoms with Crippen molar-refractivity contribution in [3.05, 3.63) is 77.9 Å². The molecule has 0 bridgehead atoms. The van der Waals surface area contributed by atoms with Crippen LogP contribution in [0.4, 0.5) is 5.69 Å². The van der Waals surface area contributed by atoms with Crippen LogP contribution in [0.15, 0.2) is 66.7 Å². The number of nitrogens with one attached hydrogen (secondary N) is 2. The molecule has 2 fully saturated rings. The van der Waals surface area contributed by atoms with E-state index < -0.39 is 0 Å². The summed E-state index contributed by atoms with van der Waals surface area (Å²) in [6.45, 7) is 6.91. The summed E-state index contributed by atoms with van der Waals surface area (Å²) in [4.78, 5) is 14.7. The van der Waals surface area contributed by atoms with Gasteiger partial charge in [-0.3, -0.25) is 4.79 Å². The van der Waals surface area contributed by atoms with Gasteiger partial charge in [-0.05, 0) is 79.2 Å². The second kappa shape index (κ2) is 12.6. The maximum atomic E-state index is 12.3. The van der Waals surface area contributed by atoms with Crippen molar-refractivity contribution in [1.82, 2.24) is 10.6 Å². The first kappa shape index (κ1) is 26.5. The third-order valence-corrected chi connectivity index (χ3v) is 7.55. The first-order valence-corrected chi connectivity index (χ1v) is 13.1. The summed E-state index contributed by atoms with van der Waals surface area (Å²) in [6, 6.07) is 24.4. The molecular weight excluding hydrogens is 470 g/mol. The Hall–Kier alpha value is -2.60. The first-order chi connectivity index (χ1) is 17.2. The smallest absolute Gasteiger partial charge is 0.310 e. The summed E-state index contributed by atoms with van der Waals surface area (Å²) in [7, 11) is 0. The monoisotopic (exact) mass is 507 g/mol.